The number of hydrogen-bond acceptors (Lipinski definition) is 8. The van der Waals surface area contributed by atoms with Crippen LogP contribution in [-0.2, 0) is 20.7 Å². The van der Waals surface area contributed by atoms with Crippen LogP contribution < -0.4 is 14.2 Å². The predicted octanol–water partition coefficient (Wildman–Crippen LogP) is 11.0. The Labute approximate surface area is 315 Å². The number of halogens is 3. The lowest BCUT2D eigenvalue weighted by atomic mass is 9.83. The highest BCUT2D eigenvalue weighted by Crippen LogP contribution is 2.36. The van der Waals surface area contributed by atoms with E-state index in [-0.39, 0.29) is 47.6 Å². The maximum Gasteiger partial charge on any atom is 0.425 e. The smallest absolute Gasteiger partial charge is 0.425 e. The van der Waals surface area contributed by atoms with Crippen LogP contribution in [0, 0.1) is 0 Å². The normalized spacial score (nSPS) is 14.4. The zero-order valence-corrected chi connectivity index (χ0v) is 31.2. The van der Waals surface area contributed by atoms with E-state index in [9.17, 15) is 32.3 Å². The van der Waals surface area contributed by atoms with Gasteiger partial charge in [-0.25, -0.2) is 9.59 Å². The first-order chi connectivity index (χ1) is 26.0. The molecule has 11 heteroatoms. The van der Waals surface area contributed by atoms with Crippen LogP contribution in [0.5, 0.6) is 17.2 Å². The Balaban J connectivity index is 1.50. The molecule has 1 aliphatic rings. The van der Waals surface area contributed by atoms with Crippen molar-refractivity contribution >= 4 is 23.9 Å². The molecule has 0 spiro atoms. The number of ether oxygens (including phenoxy) is 4. The lowest BCUT2D eigenvalue weighted by molar-refractivity contribution is -0.206. The fourth-order valence-electron chi connectivity index (χ4n) is 6.52. The summed E-state index contributed by atoms with van der Waals surface area (Å²) in [5.41, 5.74) is 1.44. The van der Waals surface area contributed by atoms with Crippen LogP contribution in [0.2, 0.25) is 0 Å². The molecule has 1 unspecified atom stereocenters. The first-order valence-corrected chi connectivity index (χ1v) is 19.2. The van der Waals surface area contributed by atoms with Gasteiger partial charge in [0.15, 0.2) is 6.10 Å². The van der Waals surface area contributed by atoms with Gasteiger partial charge in [0.2, 0.25) is 0 Å². The first-order valence-electron chi connectivity index (χ1n) is 19.2. The van der Waals surface area contributed by atoms with E-state index >= 15 is 0 Å². The standard InChI is InChI=1S/C43H51F3O8/c1-3-5-7-9-10-11-13-25-38(47)52-35-22-17-23-36(53-41(49)34-21-16-19-30-18-14-15-20-33(30)34)39(35)42(50)51-32-28-26-31(27-29-32)40(48)54-37(43(44,45)46)24-12-8-6-4-2/h14-15,17-18,20,22-23,26-29,34,37H,3-13,16,19,21,24-25H2,1-2H3/t34?,37-/m1/s1. The topological polar surface area (TPSA) is 105 Å². The van der Waals surface area contributed by atoms with Crippen molar-refractivity contribution in [2.75, 3.05) is 0 Å². The Bertz CT molecular complexity index is 1680. The molecule has 3 aromatic carbocycles. The summed E-state index contributed by atoms with van der Waals surface area (Å²) in [6.45, 7) is 4.09. The number of esters is 4. The average Bonchev–Trinajstić information content (AvgIpc) is 3.15. The number of fused-ring (bicyclic) bond motifs is 1. The molecule has 1 aliphatic carbocycles. The number of rotatable bonds is 20. The summed E-state index contributed by atoms with van der Waals surface area (Å²) in [6.07, 6.45) is 4.50. The van der Waals surface area contributed by atoms with Crippen LogP contribution in [0.15, 0.2) is 66.7 Å². The number of alkyl halides is 3. The van der Waals surface area contributed by atoms with Gasteiger partial charge in [0.05, 0.1) is 11.5 Å². The molecular weight excluding hydrogens is 701 g/mol. The van der Waals surface area contributed by atoms with E-state index in [4.69, 9.17) is 18.9 Å². The largest absolute Gasteiger partial charge is 0.449 e. The third-order valence-electron chi connectivity index (χ3n) is 9.50. The van der Waals surface area contributed by atoms with Gasteiger partial charge < -0.3 is 18.9 Å². The van der Waals surface area contributed by atoms with E-state index in [0.29, 0.717) is 19.3 Å². The number of benzene rings is 3. The second-order valence-electron chi connectivity index (χ2n) is 13.7. The Morgan fingerprint density at radius 3 is 2.02 bits per heavy atom. The van der Waals surface area contributed by atoms with Crippen molar-refractivity contribution in [3.63, 3.8) is 0 Å². The quantitative estimate of drug-likeness (QED) is 0.0638. The molecule has 0 aromatic heterocycles. The molecule has 0 aliphatic heterocycles. The summed E-state index contributed by atoms with van der Waals surface area (Å²) in [7, 11) is 0. The van der Waals surface area contributed by atoms with E-state index in [1.807, 2.05) is 31.2 Å². The average molecular weight is 753 g/mol. The molecule has 0 N–H and O–H groups in total. The van der Waals surface area contributed by atoms with Gasteiger partial charge in [-0.15, -0.1) is 0 Å². The van der Waals surface area contributed by atoms with Crippen molar-refractivity contribution in [1.82, 2.24) is 0 Å². The van der Waals surface area contributed by atoms with Crippen LogP contribution in [0.3, 0.4) is 0 Å². The van der Waals surface area contributed by atoms with E-state index in [0.717, 1.165) is 68.9 Å². The van der Waals surface area contributed by atoms with Crippen LogP contribution in [0.25, 0.3) is 0 Å². The van der Waals surface area contributed by atoms with Gasteiger partial charge in [-0.2, -0.15) is 13.2 Å². The molecule has 54 heavy (non-hydrogen) atoms. The first kappa shape index (κ1) is 42.1. The van der Waals surface area contributed by atoms with E-state index < -0.39 is 42.1 Å². The van der Waals surface area contributed by atoms with Crippen molar-refractivity contribution in [2.45, 2.75) is 135 Å². The van der Waals surface area contributed by atoms with Gasteiger partial charge in [-0.1, -0.05) is 102 Å². The van der Waals surface area contributed by atoms with Crippen LogP contribution in [0.4, 0.5) is 13.2 Å². The molecule has 0 saturated heterocycles. The molecule has 292 valence electrons. The number of carbonyl (C=O) groups is 4. The molecule has 3 aromatic rings. The maximum absolute atomic E-state index is 13.8. The molecule has 0 heterocycles. The number of aryl methyl sites for hydroxylation is 1. The summed E-state index contributed by atoms with van der Waals surface area (Å²) < 4.78 is 62.7. The Kier molecular flexibility index (Phi) is 16.6. The highest BCUT2D eigenvalue weighted by molar-refractivity contribution is 5.99. The second kappa shape index (κ2) is 21.3. The van der Waals surface area contributed by atoms with Crippen molar-refractivity contribution in [3.05, 3.63) is 89.0 Å². The van der Waals surface area contributed by atoms with Gasteiger partial charge in [0.1, 0.15) is 22.8 Å². The number of hydrogen-bond donors (Lipinski definition) is 0. The molecular formula is C43H51F3O8. The fraction of sp³-hybridized carbons (Fsp3) is 0.488. The molecule has 0 fully saturated rings. The van der Waals surface area contributed by atoms with Gasteiger partial charge >= 0.3 is 30.1 Å². The Morgan fingerprint density at radius 1 is 0.704 bits per heavy atom. The zero-order valence-electron chi connectivity index (χ0n) is 31.2. The zero-order chi connectivity index (χ0) is 38.9. The molecule has 0 radical (unpaired) electrons. The minimum absolute atomic E-state index is 0.0637. The Hall–Kier alpha value is -4.67. The Morgan fingerprint density at radius 2 is 1.33 bits per heavy atom. The van der Waals surface area contributed by atoms with Gasteiger partial charge in [-0.3, -0.25) is 9.59 Å². The summed E-state index contributed by atoms with van der Waals surface area (Å²) in [4.78, 5) is 53.0. The van der Waals surface area contributed by atoms with Crippen molar-refractivity contribution in [1.29, 1.82) is 0 Å². The minimum Gasteiger partial charge on any atom is -0.449 e. The SMILES string of the molecule is CCCCCCCCCC(=O)Oc1cccc(OC(=O)C2CCCc3ccccc32)c1C(=O)Oc1ccc(C(=O)O[C@H](CCCCCC)C(F)(F)F)cc1. The van der Waals surface area contributed by atoms with Gasteiger partial charge in [0, 0.05) is 6.42 Å². The lowest BCUT2D eigenvalue weighted by Crippen LogP contribution is -2.33. The maximum atomic E-state index is 13.8. The molecule has 0 saturated carbocycles. The monoisotopic (exact) mass is 752 g/mol. The molecule has 0 bridgehead atoms. The summed E-state index contributed by atoms with van der Waals surface area (Å²) in [6, 6.07) is 16.8. The molecule has 4 rings (SSSR count). The summed E-state index contributed by atoms with van der Waals surface area (Å²) in [5, 5.41) is 0. The predicted molar refractivity (Wildman–Crippen MR) is 198 cm³/mol. The van der Waals surface area contributed by atoms with Gasteiger partial charge in [-0.05, 0) is 86.1 Å². The van der Waals surface area contributed by atoms with E-state index in [1.54, 1.807) is 0 Å². The van der Waals surface area contributed by atoms with E-state index in [2.05, 4.69) is 6.92 Å². The lowest BCUT2D eigenvalue weighted by Gasteiger charge is -2.24. The van der Waals surface area contributed by atoms with Crippen LogP contribution in [0.1, 0.15) is 148 Å². The fourth-order valence-corrected chi connectivity index (χ4v) is 6.52. The summed E-state index contributed by atoms with van der Waals surface area (Å²) in [5.74, 6) is -4.26. The third-order valence-corrected chi connectivity index (χ3v) is 9.50. The number of unbranched alkanes of at least 4 members (excludes halogenated alkanes) is 9. The van der Waals surface area contributed by atoms with Crippen molar-refractivity contribution in [2.24, 2.45) is 0 Å². The molecule has 2 atom stereocenters. The highest BCUT2D eigenvalue weighted by Gasteiger charge is 2.42. The van der Waals surface area contributed by atoms with Crippen molar-refractivity contribution < 1.29 is 51.3 Å². The highest BCUT2D eigenvalue weighted by atomic mass is 19.4. The third kappa shape index (κ3) is 12.7. The molecule has 8 nitrogen and oxygen atoms in total. The number of carbonyl (C=O) groups excluding carboxylic acids is 4. The molecule has 0 amide bonds. The second-order valence-corrected chi connectivity index (χ2v) is 13.7. The summed E-state index contributed by atoms with van der Waals surface area (Å²) >= 11 is 0. The van der Waals surface area contributed by atoms with Crippen LogP contribution >= 0.6 is 0 Å². The minimum atomic E-state index is -4.72. The van der Waals surface area contributed by atoms with Crippen LogP contribution in [-0.4, -0.2) is 36.2 Å². The van der Waals surface area contributed by atoms with E-state index in [1.165, 1.54) is 48.9 Å². The van der Waals surface area contributed by atoms with Crippen molar-refractivity contribution in [3.8, 4) is 17.2 Å². The van der Waals surface area contributed by atoms with Gasteiger partial charge in [0.25, 0.3) is 0 Å².